The number of carbonyl (C=O) groups is 1. The Morgan fingerprint density at radius 2 is 1.94 bits per heavy atom. The second kappa shape index (κ2) is 15.0. The summed E-state index contributed by atoms with van der Waals surface area (Å²) in [6.07, 6.45) is 9.22. The first kappa shape index (κ1) is 26.3. The zero-order valence-corrected chi connectivity index (χ0v) is 20.0. The molecule has 3 atom stereocenters. The summed E-state index contributed by atoms with van der Waals surface area (Å²) in [6.45, 7) is 2.07. The van der Waals surface area contributed by atoms with Crippen LogP contribution in [0.4, 0.5) is 0 Å². The van der Waals surface area contributed by atoms with Gasteiger partial charge in [0.2, 0.25) is 0 Å². The Morgan fingerprint density at radius 1 is 1.16 bits per heavy atom. The van der Waals surface area contributed by atoms with Crippen molar-refractivity contribution in [2.24, 2.45) is 11.8 Å². The number of esters is 1. The molecule has 0 aliphatic heterocycles. The summed E-state index contributed by atoms with van der Waals surface area (Å²) < 4.78 is 11.1. The molecule has 0 aromatic heterocycles. The maximum atomic E-state index is 11.7. The molecular formula is C23H32Cl3NO4. The van der Waals surface area contributed by atoms with Gasteiger partial charge in [-0.15, -0.1) is 11.6 Å². The van der Waals surface area contributed by atoms with Crippen molar-refractivity contribution < 1.29 is 19.4 Å². The number of allylic oxidation sites excluding steroid dienone is 2. The fourth-order valence-electron chi connectivity index (χ4n) is 3.71. The second-order valence-corrected chi connectivity index (χ2v) is 9.16. The van der Waals surface area contributed by atoms with E-state index < -0.39 is 0 Å². The minimum atomic E-state index is -0.186. The third kappa shape index (κ3) is 10.5. The quantitative estimate of drug-likeness (QED) is 0.161. The fourth-order valence-corrected chi connectivity index (χ4v) is 4.65. The van der Waals surface area contributed by atoms with Gasteiger partial charge in [0.05, 0.1) is 13.2 Å². The number of halogens is 3. The number of rotatable bonds is 14. The van der Waals surface area contributed by atoms with Gasteiger partial charge in [0.25, 0.3) is 0 Å². The van der Waals surface area contributed by atoms with E-state index in [0.717, 1.165) is 32.1 Å². The van der Waals surface area contributed by atoms with Crippen LogP contribution in [0.5, 0.6) is 5.75 Å². The van der Waals surface area contributed by atoms with Crippen LogP contribution in [0.2, 0.25) is 10.0 Å². The molecule has 0 bridgehead atoms. The molecule has 1 saturated carbocycles. The average Bonchev–Trinajstić information content (AvgIpc) is 3.07. The molecule has 0 radical (unpaired) electrons. The Kier molecular flexibility index (Phi) is 12.7. The van der Waals surface area contributed by atoms with Gasteiger partial charge in [-0.05, 0) is 62.1 Å². The van der Waals surface area contributed by atoms with Crippen molar-refractivity contribution in [1.29, 1.82) is 0 Å². The van der Waals surface area contributed by atoms with E-state index in [1.54, 1.807) is 18.2 Å². The van der Waals surface area contributed by atoms with Crippen LogP contribution in [0.3, 0.4) is 0 Å². The highest BCUT2D eigenvalue weighted by Crippen LogP contribution is 2.39. The summed E-state index contributed by atoms with van der Waals surface area (Å²) >= 11 is 18.6. The van der Waals surface area contributed by atoms with Crippen molar-refractivity contribution in [3.63, 3.8) is 0 Å². The summed E-state index contributed by atoms with van der Waals surface area (Å²) in [5, 5.41) is 12.9. The smallest absolute Gasteiger partial charge is 0.305 e. The molecule has 31 heavy (non-hydrogen) atoms. The maximum absolute atomic E-state index is 11.7. The van der Waals surface area contributed by atoms with Gasteiger partial charge in [0.15, 0.2) is 0 Å². The topological polar surface area (TPSA) is 67.8 Å². The van der Waals surface area contributed by atoms with Crippen LogP contribution in [-0.2, 0) is 9.53 Å². The highest BCUT2D eigenvalue weighted by atomic mass is 35.5. The van der Waals surface area contributed by atoms with Gasteiger partial charge >= 0.3 is 5.97 Å². The first-order chi connectivity index (χ1) is 15.0. The van der Waals surface area contributed by atoms with Crippen molar-refractivity contribution in [2.75, 3.05) is 32.9 Å². The van der Waals surface area contributed by atoms with Crippen LogP contribution in [0.1, 0.15) is 38.5 Å². The zero-order valence-electron chi connectivity index (χ0n) is 17.7. The van der Waals surface area contributed by atoms with Crippen LogP contribution in [0.25, 0.3) is 0 Å². The molecule has 0 unspecified atom stereocenters. The van der Waals surface area contributed by atoms with Gasteiger partial charge < -0.3 is 19.9 Å². The van der Waals surface area contributed by atoms with Crippen LogP contribution >= 0.6 is 34.8 Å². The summed E-state index contributed by atoms with van der Waals surface area (Å²) in [5.74, 6) is 1.25. The highest BCUT2D eigenvalue weighted by Gasteiger charge is 2.34. The summed E-state index contributed by atoms with van der Waals surface area (Å²) in [5.41, 5.74) is 0. The molecule has 1 aromatic rings. The number of nitrogens with one attached hydrogen (secondary N) is 1. The fraction of sp³-hybridized carbons (Fsp3) is 0.609. The van der Waals surface area contributed by atoms with Crippen LogP contribution in [-0.4, -0.2) is 49.4 Å². The number of hydrogen-bond donors (Lipinski definition) is 2. The van der Waals surface area contributed by atoms with Gasteiger partial charge in [-0.1, -0.05) is 35.4 Å². The minimum absolute atomic E-state index is 0.0795. The number of aliphatic hydroxyl groups excluding tert-OH is 1. The van der Waals surface area contributed by atoms with Crippen LogP contribution in [0, 0.1) is 11.8 Å². The Hall–Kier alpha value is -0.980. The lowest BCUT2D eigenvalue weighted by molar-refractivity contribution is -0.143. The predicted octanol–water partition coefficient (Wildman–Crippen LogP) is 5.25. The molecule has 1 fully saturated rings. The summed E-state index contributed by atoms with van der Waals surface area (Å²) in [4.78, 5) is 11.7. The lowest BCUT2D eigenvalue weighted by atomic mass is 9.93. The molecule has 2 rings (SSSR count). The van der Waals surface area contributed by atoms with Crippen molar-refractivity contribution >= 4 is 40.8 Å². The monoisotopic (exact) mass is 491 g/mol. The van der Waals surface area contributed by atoms with Crippen molar-refractivity contribution in [3.05, 3.63) is 40.4 Å². The van der Waals surface area contributed by atoms with Gasteiger partial charge in [-0.25, -0.2) is 0 Å². The Labute approximate surface area is 200 Å². The molecule has 8 heteroatoms. The number of benzene rings is 1. The van der Waals surface area contributed by atoms with Crippen molar-refractivity contribution in [1.82, 2.24) is 5.32 Å². The van der Waals surface area contributed by atoms with E-state index >= 15 is 0 Å². The van der Waals surface area contributed by atoms with Crippen molar-refractivity contribution in [2.45, 2.75) is 43.9 Å². The number of ether oxygens (including phenoxy) is 2. The van der Waals surface area contributed by atoms with E-state index in [4.69, 9.17) is 49.4 Å². The maximum Gasteiger partial charge on any atom is 0.305 e. The number of aliphatic hydroxyl groups is 1. The van der Waals surface area contributed by atoms with Crippen LogP contribution in [0.15, 0.2) is 30.4 Å². The van der Waals surface area contributed by atoms with E-state index in [1.807, 2.05) is 0 Å². The Bertz CT molecular complexity index is 681. The molecule has 1 aromatic carbocycles. The SMILES string of the molecule is O=C(CCC/C=C\C[C@@H]1[C@@H](COc2cc(Cl)cc(Cl)c2)CC[C@H]1Cl)OCCNCCO. The van der Waals surface area contributed by atoms with Gasteiger partial charge in [-0.3, -0.25) is 4.79 Å². The van der Waals surface area contributed by atoms with Crippen molar-refractivity contribution in [3.8, 4) is 5.75 Å². The van der Waals surface area contributed by atoms with E-state index in [2.05, 4.69) is 17.5 Å². The molecule has 1 aliphatic rings. The summed E-state index contributed by atoms with van der Waals surface area (Å²) in [6, 6.07) is 5.22. The lowest BCUT2D eigenvalue weighted by Gasteiger charge is -2.21. The molecule has 0 heterocycles. The minimum Gasteiger partial charge on any atom is -0.493 e. The largest absolute Gasteiger partial charge is 0.493 e. The standard InChI is InChI=1S/C23H32Cl3NO4/c24-18-13-19(25)15-20(14-18)31-16-17-7-8-22(26)21(17)5-3-1-2-4-6-23(29)30-12-10-27-9-11-28/h1,3,13-15,17,21-22,27-28H,2,4-12,16H2/b3-1-/t17-,21-,22-/m1/s1. The third-order valence-electron chi connectivity index (χ3n) is 5.34. The van der Waals surface area contributed by atoms with E-state index in [-0.39, 0.29) is 18.0 Å². The number of carbonyl (C=O) groups excluding carboxylic acids is 1. The summed E-state index contributed by atoms with van der Waals surface area (Å²) in [7, 11) is 0. The zero-order chi connectivity index (χ0) is 22.5. The molecule has 0 spiro atoms. The van der Waals surface area contributed by atoms with E-state index in [9.17, 15) is 4.79 Å². The molecule has 0 saturated heterocycles. The average molecular weight is 493 g/mol. The van der Waals surface area contributed by atoms with Gasteiger partial charge in [-0.2, -0.15) is 0 Å². The second-order valence-electron chi connectivity index (χ2n) is 7.73. The number of hydrogen-bond acceptors (Lipinski definition) is 5. The lowest BCUT2D eigenvalue weighted by Crippen LogP contribution is -2.24. The normalized spacial score (nSPS) is 21.0. The van der Waals surface area contributed by atoms with Gasteiger partial charge in [0.1, 0.15) is 12.4 Å². The number of alkyl halides is 1. The van der Waals surface area contributed by atoms with E-state index in [0.29, 0.717) is 60.4 Å². The van der Waals surface area contributed by atoms with Gasteiger partial charge in [0, 0.05) is 34.9 Å². The first-order valence-corrected chi connectivity index (χ1v) is 12.0. The molecular weight excluding hydrogens is 461 g/mol. The predicted molar refractivity (Wildman–Crippen MR) is 126 cm³/mol. The number of unbranched alkanes of at least 4 members (excludes halogenated alkanes) is 1. The van der Waals surface area contributed by atoms with Crippen LogP contribution < -0.4 is 10.1 Å². The first-order valence-electron chi connectivity index (χ1n) is 10.8. The molecule has 2 N–H and O–H groups in total. The molecule has 5 nitrogen and oxygen atoms in total. The Morgan fingerprint density at radius 3 is 2.68 bits per heavy atom. The highest BCUT2D eigenvalue weighted by molar-refractivity contribution is 6.34. The molecule has 0 amide bonds. The molecule has 1 aliphatic carbocycles. The Balaban J connectivity index is 1.64. The third-order valence-corrected chi connectivity index (χ3v) is 6.32. The molecule has 174 valence electrons. The van der Waals surface area contributed by atoms with E-state index in [1.165, 1.54) is 0 Å².